The van der Waals surface area contributed by atoms with Crippen molar-refractivity contribution < 1.29 is 4.79 Å². The van der Waals surface area contributed by atoms with Gasteiger partial charge >= 0.3 is 0 Å². The average molecular weight is 226 g/mol. The van der Waals surface area contributed by atoms with Gasteiger partial charge in [-0.2, -0.15) is 0 Å². The van der Waals surface area contributed by atoms with Crippen molar-refractivity contribution in [2.45, 2.75) is 33.6 Å². The van der Waals surface area contributed by atoms with E-state index in [1.54, 1.807) is 0 Å². The monoisotopic (exact) mass is 226 g/mol. The fourth-order valence-corrected chi connectivity index (χ4v) is 2.15. The molecule has 3 heteroatoms. The molecule has 1 saturated heterocycles. The molecule has 0 aliphatic carbocycles. The van der Waals surface area contributed by atoms with E-state index in [4.69, 9.17) is 0 Å². The van der Waals surface area contributed by atoms with Crippen molar-refractivity contribution >= 4 is 5.91 Å². The summed E-state index contributed by atoms with van der Waals surface area (Å²) in [6.45, 7) is 9.48. The van der Waals surface area contributed by atoms with Crippen molar-refractivity contribution in [1.29, 1.82) is 0 Å². The zero-order chi connectivity index (χ0) is 12.1. The van der Waals surface area contributed by atoms with Crippen LogP contribution in [0.2, 0.25) is 0 Å². The van der Waals surface area contributed by atoms with Crippen LogP contribution in [0.5, 0.6) is 0 Å². The molecule has 1 aliphatic heterocycles. The Kier molecular flexibility index (Phi) is 5.26. The molecular formula is C13H26N2O. The number of nitrogens with zero attached hydrogens (tertiary/aromatic N) is 1. The maximum absolute atomic E-state index is 12.0. The molecule has 2 atom stereocenters. The predicted molar refractivity (Wildman–Crippen MR) is 67.2 cm³/mol. The minimum atomic E-state index is 0.347. The van der Waals surface area contributed by atoms with Gasteiger partial charge in [-0.3, -0.25) is 4.79 Å². The smallest absolute Gasteiger partial charge is 0.222 e. The molecule has 1 rings (SSSR count). The van der Waals surface area contributed by atoms with E-state index in [1.807, 2.05) is 11.9 Å². The van der Waals surface area contributed by atoms with Crippen LogP contribution in [0.15, 0.2) is 0 Å². The molecule has 0 saturated carbocycles. The maximum atomic E-state index is 12.0. The molecule has 1 N–H and O–H groups in total. The van der Waals surface area contributed by atoms with Gasteiger partial charge in [-0.15, -0.1) is 0 Å². The second kappa shape index (κ2) is 6.24. The van der Waals surface area contributed by atoms with Gasteiger partial charge in [0.05, 0.1) is 0 Å². The molecule has 0 spiro atoms. The molecule has 16 heavy (non-hydrogen) atoms. The van der Waals surface area contributed by atoms with E-state index in [1.165, 1.54) is 0 Å². The lowest BCUT2D eigenvalue weighted by atomic mass is 9.94. The third kappa shape index (κ3) is 3.78. The van der Waals surface area contributed by atoms with Gasteiger partial charge in [0.15, 0.2) is 0 Å². The van der Waals surface area contributed by atoms with E-state index in [2.05, 4.69) is 26.1 Å². The Morgan fingerprint density at radius 3 is 2.69 bits per heavy atom. The highest BCUT2D eigenvalue weighted by atomic mass is 16.2. The SMILES string of the molecule is CNCC1CCN(C(=O)CC(C)C(C)C)C1. The number of amides is 1. The largest absolute Gasteiger partial charge is 0.342 e. The molecule has 1 amide bonds. The summed E-state index contributed by atoms with van der Waals surface area (Å²) in [6, 6.07) is 0. The van der Waals surface area contributed by atoms with Crippen molar-refractivity contribution in [3.63, 3.8) is 0 Å². The lowest BCUT2D eigenvalue weighted by Crippen LogP contribution is -2.31. The molecule has 1 aliphatic rings. The van der Waals surface area contributed by atoms with Gasteiger partial charge in [0.25, 0.3) is 0 Å². The van der Waals surface area contributed by atoms with Crippen molar-refractivity contribution in [1.82, 2.24) is 10.2 Å². The van der Waals surface area contributed by atoms with E-state index in [0.29, 0.717) is 30.1 Å². The Morgan fingerprint density at radius 1 is 1.44 bits per heavy atom. The Labute approximate surface area is 99.6 Å². The zero-order valence-corrected chi connectivity index (χ0v) is 11.1. The first-order valence-corrected chi connectivity index (χ1v) is 6.47. The first-order chi connectivity index (χ1) is 7.54. The first kappa shape index (κ1) is 13.5. The third-order valence-electron chi connectivity index (χ3n) is 3.77. The average Bonchev–Trinajstić information content (AvgIpc) is 2.66. The second-order valence-electron chi connectivity index (χ2n) is 5.48. The van der Waals surface area contributed by atoms with Crippen LogP contribution in [0.4, 0.5) is 0 Å². The summed E-state index contributed by atoms with van der Waals surface area (Å²) < 4.78 is 0. The van der Waals surface area contributed by atoms with Crippen LogP contribution in [0.3, 0.4) is 0 Å². The first-order valence-electron chi connectivity index (χ1n) is 6.47. The molecule has 1 fully saturated rings. The molecule has 0 aromatic heterocycles. The summed E-state index contributed by atoms with van der Waals surface area (Å²) in [7, 11) is 1.98. The summed E-state index contributed by atoms with van der Waals surface area (Å²) >= 11 is 0. The van der Waals surface area contributed by atoms with E-state index in [0.717, 1.165) is 26.1 Å². The summed E-state index contributed by atoms with van der Waals surface area (Å²) in [5.41, 5.74) is 0. The summed E-state index contributed by atoms with van der Waals surface area (Å²) in [6.07, 6.45) is 1.87. The second-order valence-corrected chi connectivity index (χ2v) is 5.48. The Morgan fingerprint density at radius 2 is 2.12 bits per heavy atom. The minimum Gasteiger partial charge on any atom is -0.342 e. The normalized spacial score (nSPS) is 22.8. The van der Waals surface area contributed by atoms with Gasteiger partial charge in [0.2, 0.25) is 5.91 Å². The van der Waals surface area contributed by atoms with Crippen molar-refractivity contribution in [2.24, 2.45) is 17.8 Å². The Balaban J connectivity index is 2.33. The van der Waals surface area contributed by atoms with Gasteiger partial charge in [-0.1, -0.05) is 20.8 Å². The summed E-state index contributed by atoms with van der Waals surface area (Å²) in [4.78, 5) is 14.1. The molecule has 0 aromatic rings. The fourth-order valence-electron chi connectivity index (χ4n) is 2.15. The van der Waals surface area contributed by atoms with Crippen molar-refractivity contribution in [3.8, 4) is 0 Å². The van der Waals surface area contributed by atoms with E-state index < -0.39 is 0 Å². The van der Waals surface area contributed by atoms with Gasteiger partial charge < -0.3 is 10.2 Å². The van der Waals surface area contributed by atoms with Crippen LogP contribution in [-0.2, 0) is 4.79 Å². The maximum Gasteiger partial charge on any atom is 0.222 e. The van der Waals surface area contributed by atoms with Gasteiger partial charge in [-0.25, -0.2) is 0 Å². The molecule has 0 aromatic carbocycles. The van der Waals surface area contributed by atoms with Crippen molar-refractivity contribution in [3.05, 3.63) is 0 Å². The molecule has 0 radical (unpaired) electrons. The van der Waals surface area contributed by atoms with Crippen LogP contribution in [0.25, 0.3) is 0 Å². The van der Waals surface area contributed by atoms with E-state index >= 15 is 0 Å². The molecule has 94 valence electrons. The van der Waals surface area contributed by atoms with Crippen LogP contribution in [0, 0.1) is 17.8 Å². The number of nitrogens with one attached hydrogen (secondary N) is 1. The van der Waals surface area contributed by atoms with Crippen LogP contribution < -0.4 is 5.32 Å². The standard InChI is InChI=1S/C13H26N2O/c1-10(2)11(3)7-13(16)15-6-5-12(9-15)8-14-4/h10-12,14H,5-9H2,1-4H3. The summed E-state index contributed by atoms with van der Waals surface area (Å²) in [5, 5.41) is 3.19. The van der Waals surface area contributed by atoms with Crippen LogP contribution >= 0.6 is 0 Å². The number of hydrogen-bond donors (Lipinski definition) is 1. The number of carbonyl (C=O) groups excluding carboxylic acids is 1. The quantitative estimate of drug-likeness (QED) is 0.774. The lowest BCUT2D eigenvalue weighted by molar-refractivity contribution is -0.131. The molecular weight excluding hydrogens is 200 g/mol. The molecule has 2 unspecified atom stereocenters. The Bertz CT molecular complexity index is 228. The predicted octanol–water partition coefficient (Wildman–Crippen LogP) is 1.74. The van der Waals surface area contributed by atoms with Crippen LogP contribution in [-0.4, -0.2) is 37.5 Å². The van der Waals surface area contributed by atoms with Gasteiger partial charge in [0.1, 0.15) is 0 Å². The summed E-state index contributed by atoms with van der Waals surface area (Å²) in [5.74, 6) is 2.10. The number of carbonyl (C=O) groups is 1. The lowest BCUT2D eigenvalue weighted by Gasteiger charge is -2.21. The Hall–Kier alpha value is -0.570. The molecule has 3 nitrogen and oxygen atoms in total. The van der Waals surface area contributed by atoms with Crippen LogP contribution in [0.1, 0.15) is 33.6 Å². The van der Waals surface area contributed by atoms with E-state index in [-0.39, 0.29) is 0 Å². The van der Waals surface area contributed by atoms with Gasteiger partial charge in [0, 0.05) is 19.5 Å². The van der Waals surface area contributed by atoms with Gasteiger partial charge in [-0.05, 0) is 37.8 Å². The number of rotatable bonds is 5. The topological polar surface area (TPSA) is 32.3 Å². The molecule has 0 bridgehead atoms. The fraction of sp³-hybridized carbons (Fsp3) is 0.923. The van der Waals surface area contributed by atoms with Crippen molar-refractivity contribution in [2.75, 3.05) is 26.7 Å². The third-order valence-corrected chi connectivity index (χ3v) is 3.77. The minimum absolute atomic E-state index is 0.347. The number of likely N-dealkylation sites (tertiary alicyclic amines) is 1. The molecule has 1 heterocycles. The zero-order valence-electron chi connectivity index (χ0n) is 11.1. The van der Waals surface area contributed by atoms with E-state index in [9.17, 15) is 4.79 Å². The highest BCUT2D eigenvalue weighted by Gasteiger charge is 2.26. The highest BCUT2D eigenvalue weighted by molar-refractivity contribution is 5.76. The number of hydrogen-bond acceptors (Lipinski definition) is 2. The highest BCUT2D eigenvalue weighted by Crippen LogP contribution is 2.20.